The maximum absolute atomic E-state index is 12.3. The van der Waals surface area contributed by atoms with E-state index in [9.17, 15) is 9.59 Å². The van der Waals surface area contributed by atoms with Crippen LogP contribution in [0.25, 0.3) is 0 Å². The molecule has 0 aromatic heterocycles. The lowest BCUT2D eigenvalue weighted by molar-refractivity contribution is -0.132. The molecule has 0 heterocycles. The first-order valence-corrected chi connectivity index (χ1v) is 7.58. The largest absolute Gasteiger partial charge is 0.370 e. The maximum atomic E-state index is 12.3. The van der Waals surface area contributed by atoms with Gasteiger partial charge in [0, 0.05) is 24.9 Å². The molecule has 0 saturated heterocycles. The summed E-state index contributed by atoms with van der Waals surface area (Å²) in [6.45, 7) is 7.01. The number of hydrogen-bond acceptors (Lipinski definition) is 3. The minimum atomic E-state index is -0.285. The minimum Gasteiger partial charge on any atom is -0.370 e. The summed E-state index contributed by atoms with van der Waals surface area (Å²) in [6, 6.07) is 0.185. The summed E-state index contributed by atoms with van der Waals surface area (Å²) in [5.74, 6) is 0.190. The summed E-state index contributed by atoms with van der Waals surface area (Å²) in [6.07, 6.45) is 3.66. The molecule has 5 heteroatoms. The number of amides is 2. The molecule has 0 bridgehead atoms. The Morgan fingerprint density at radius 3 is 2.50 bits per heavy atom. The lowest BCUT2D eigenvalue weighted by atomic mass is 9.61. The van der Waals surface area contributed by atoms with E-state index in [1.54, 1.807) is 0 Å². The first kappa shape index (κ1) is 17.0. The van der Waals surface area contributed by atoms with Gasteiger partial charge in [-0.05, 0) is 37.0 Å². The molecular formula is C15H29N3O2. The summed E-state index contributed by atoms with van der Waals surface area (Å²) in [5, 5.41) is 2.99. The van der Waals surface area contributed by atoms with Crippen LogP contribution in [0, 0.1) is 17.3 Å². The van der Waals surface area contributed by atoms with Crippen molar-refractivity contribution in [3.8, 4) is 0 Å². The highest BCUT2D eigenvalue weighted by Crippen LogP contribution is 2.44. The molecule has 5 nitrogen and oxygen atoms in total. The fourth-order valence-corrected chi connectivity index (χ4v) is 3.08. The van der Waals surface area contributed by atoms with Gasteiger partial charge in [-0.1, -0.05) is 20.8 Å². The Bertz CT molecular complexity index is 355. The molecule has 1 aliphatic rings. The van der Waals surface area contributed by atoms with E-state index in [4.69, 9.17) is 11.5 Å². The van der Waals surface area contributed by atoms with Crippen molar-refractivity contribution in [2.45, 2.75) is 58.9 Å². The van der Waals surface area contributed by atoms with Crippen molar-refractivity contribution < 1.29 is 9.59 Å². The molecule has 3 atom stereocenters. The molecule has 20 heavy (non-hydrogen) atoms. The van der Waals surface area contributed by atoms with Crippen LogP contribution in [0.5, 0.6) is 0 Å². The molecule has 2 amide bonds. The number of unbranched alkanes of at least 4 members (excludes halogenated alkanes) is 1. The predicted molar refractivity (Wildman–Crippen MR) is 79.7 cm³/mol. The van der Waals surface area contributed by atoms with Gasteiger partial charge in [0.05, 0.1) is 0 Å². The Hall–Kier alpha value is -1.10. The van der Waals surface area contributed by atoms with Crippen LogP contribution >= 0.6 is 0 Å². The normalized spacial score (nSPS) is 28.9. The van der Waals surface area contributed by atoms with Crippen molar-refractivity contribution in [1.29, 1.82) is 0 Å². The molecule has 1 fully saturated rings. The van der Waals surface area contributed by atoms with Crippen molar-refractivity contribution in [2.24, 2.45) is 28.7 Å². The number of hydrogen-bond donors (Lipinski definition) is 3. The van der Waals surface area contributed by atoms with E-state index in [2.05, 4.69) is 26.1 Å². The second-order valence-electron chi connectivity index (χ2n) is 6.62. The summed E-state index contributed by atoms with van der Waals surface area (Å²) in [5.41, 5.74) is 11.1. The third-order valence-corrected chi connectivity index (χ3v) is 4.97. The van der Waals surface area contributed by atoms with Crippen molar-refractivity contribution in [3.05, 3.63) is 0 Å². The van der Waals surface area contributed by atoms with E-state index < -0.39 is 0 Å². The van der Waals surface area contributed by atoms with Gasteiger partial charge in [0.25, 0.3) is 0 Å². The quantitative estimate of drug-likeness (QED) is 0.638. The number of carbonyl (C=O) groups excluding carboxylic acids is 2. The summed E-state index contributed by atoms with van der Waals surface area (Å²) >= 11 is 0. The maximum Gasteiger partial charge on any atom is 0.223 e. The fraction of sp³-hybridized carbons (Fsp3) is 0.867. The topological polar surface area (TPSA) is 98.2 Å². The molecule has 0 radical (unpaired) electrons. The van der Waals surface area contributed by atoms with Crippen LogP contribution < -0.4 is 16.8 Å². The van der Waals surface area contributed by atoms with Gasteiger partial charge in [0.2, 0.25) is 11.8 Å². The first-order valence-electron chi connectivity index (χ1n) is 7.58. The Morgan fingerprint density at radius 1 is 1.25 bits per heavy atom. The number of primary amides is 1. The molecule has 0 aromatic rings. The molecule has 0 aliphatic heterocycles. The van der Waals surface area contributed by atoms with E-state index in [1.165, 1.54) is 0 Å². The minimum absolute atomic E-state index is 0.0217. The first-order chi connectivity index (χ1) is 9.26. The van der Waals surface area contributed by atoms with Crippen molar-refractivity contribution in [2.75, 3.05) is 6.54 Å². The predicted octanol–water partition coefficient (Wildman–Crippen LogP) is 1.16. The average Bonchev–Trinajstić information content (AvgIpc) is 2.35. The lowest BCUT2D eigenvalue weighted by Gasteiger charge is -2.46. The Labute approximate surface area is 121 Å². The molecule has 1 aliphatic carbocycles. The van der Waals surface area contributed by atoms with Crippen molar-refractivity contribution in [1.82, 2.24) is 5.32 Å². The second kappa shape index (κ2) is 7.07. The van der Waals surface area contributed by atoms with E-state index in [0.29, 0.717) is 18.9 Å². The monoisotopic (exact) mass is 283 g/mol. The van der Waals surface area contributed by atoms with Gasteiger partial charge in [-0.15, -0.1) is 0 Å². The smallest absolute Gasteiger partial charge is 0.223 e. The van der Waals surface area contributed by atoms with Crippen LogP contribution in [0.4, 0.5) is 0 Å². The van der Waals surface area contributed by atoms with Gasteiger partial charge in [0.1, 0.15) is 0 Å². The number of nitrogens with two attached hydrogens (primary N) is 2. The average molecular weight is 283 g/mol. The number of nitrogens with one attached hydrogen (secondary N) is 1. The van der Waals surface area contributed by atoms with Crippen LogP contribution in [-0.2, 0) is 9.59 Å². The highest BCUT2D eigenvalue weighted by Gasteiger charge is 2.44. The number of rotatable bonds is 6. The van der Waals surface area contributed by atoms with E-state index in [-0.39, 0.29) is 29.2 Å². The van der Waals surface area contributed by atoms with Gasteiger partial charge < -0.3 is 16.8 Å². The van der Waals surface area contributed by atoms with Gasteiger partial charge in [-0.25, -0.2) is 0 Å². The van der Waals surface area contributed by atoms with Crippen LogP contribution in [0.2, 0.25) is 0 Å². The molecular weight excluding hydrogens is 254 g/mol. The Kier molecular flexibility index (Phi) is 5.99. The Morgan fingerprint density at radius 2 is 1.90 bits per heavy atom. The fourth-order valence-electron chi connectivity index (χ4n) is 3.08. The zero-order valence-electron chi connectivity index (χ0n) is 12.9. The third kappa shape index (κ3) is 4.20. The highest BCUT2D eigenvalue weighted by molar-refractivity contribution is 5.79. The number of carbonyl (C=O) groups is 2. The Balaban J connectivity index is 2.41. The van der Waals surface area contributed by atoms with Gasteiger partial charge in [-0.3, -0.25) is 9.59 Å². The zero-order valence-corrected chi connectivity index (χ0v) is 12.9. The van der Waals surface area contributed by atoms with Crippen LogP contribution in [-0.4, -0.2) is 24.4 Å². The molecule has 1 rings (SSSR count). The van der Waals surface area contributed by atoms with Gasteiger partial charge in [-0.2, -0.15) is 0 Å². The molecule has 0 spiro atoms. The summed E-state index contributed by atoms with van der Waals surface area (Å²) in [7, 11) is 0. The standard InChI is InChI=1S/C15H29N3O2/c1-10-12(16)8-7-11(15(10,2)3)14(20)18-9-5-4-6-13(17)19/h10-12H,4-9,16H2,1-3H3,(H2,17,19)(H,18,20). The molecule has 116 valence electrons. The van der Waals surface area contributed by atoms with Crippen molar-refractivity contribution in [3.63, 3.8) is 0 Å². The van der Waals surface area contributed by atoms with Crippen LogP contribution in [0.3, 0.4) is 0 Å². The summed E-state index contributed by atoms with van der Waals surface area (Å²) < 4.78 is 0. The van der Waals surface area contributed by atoms with Crippen molar-refractivity contribution >= 4 is 11.8 Å². The molecule has 5 N–H and O–H groups in total. The van der Waals surface area contributed by atoms with Gasteiger partial charge in [0.15, 0.2) is 0 Å². The van der Waals surface area contributed by atoms with E-state index in [0.717, 1.165) is 25.7 Å². The second-order valence-corrected chi connectivity index (χ2v) is 6.62. The lowest BCUT2D eigenvalue weighted by Crippen LogP contribution is -2.51. The van der Waals surface area contributed by atoms with Crippen LogP contribution in [0.1, 0.15) is 52.9 Å². The van der Waals surface area contributed by atoms with Crippen LogP contribution in [0.15, 0.2) is 0 Å². The third-order valence-electron chi connectivity index (χ3n) is 4.97. The molecule has 1 saturated carbocycles. The SMILES string of the molecule is CC1C(N)CCC(C(=O)NCCCCC(N)=O)C1(C)C. The van der Waals surface area contributed by atoms with E-state index in [1.807, 2.05) is 0 Å². The van der Waals surface area contributed by atoms with Gasteiger partial charge >= 0.3 is 0 Å². The summed E-state index contributed by atoms with van der Waals surface area (Å²) in [4.78, 5) is 22.9. The zero-order chi connectivity index (χ0) is 15.3. The molecule has 3 unspecified atom stereocenters. The molecule has 0 aromatic carbocycles. The highest BCUT2D eigenvalue weighted by atomic mass is 16.2. The van der Waals surface area contributed by atoms with E-state index >= 15 is 0 Å².